The normalized spacial score (nSPS) is 9.80. The maximum absolute atomic E-state index is 5.55. The van der Waals surface area contributed by atoms with Crippen molar-refractivity contribution < 1.29 is 0 Å². The first-order chi connectivity index (χ1) is 4.88. The van der Waals surface area contributed by atoms with E-state index in [-0.39, 0.29) is 0 Å². The van der Waals surface area contributed by atoms with Crippen LogP contribution in [-0.4, -0.2) is 9.68 Å². The smallest absolute Gasteiger partial charge is 0.177 e. The molecule has 0 saturated carbocycles. The molecule has 1 aromatic rings. The molecule has 0 aliphatic rings. The molecule has 1 aromatic carbocycles. The Kier molecular flexibility index (Phi) is 2.65. The van der Waals surface area contributed by atoms with E-state index in [1.54, 1.807) is 0 Å². The van der Waals surface area contributed by atoms with Crippen molar-refractivity contribution in [1.29, 1.82) is 0 Å². The third-order valence-electron chi connectivity index (χ3n) is 1.55. The second-order valence-corrected chi connectivity index (χ2v) is 2.98. The van der Waals surface area contributed by atoms with Crippen molar-refractivity contribution in [2.24, 2.45) is 5.40 Å². The topological polar surface area (TPSA) is 26.0 Å². The lowest BCUT2D eigenvalue weighted by Gasteiger charge is -2.01. The summed E-state index contributed by atoms with van der Waals surface area (Å²) in [6.45, 7) is 2.15. The fourth-order valence-electron chi connectivity index (χ4n) is 0.969. The molecule has 0 heterocycles. The summed E-state index contributed by atoms with van der Waals surface area (Å²) < 4.78 is 0. The second kappa shape index (κ2) is 3.54. The highest BCUT2D eigenvalue weighted by molar-refractivity contribution is 6.50. The summed E-state index contributed by atoms with van der Waals surface area (Å²) in [4.78, 5) is 0. The van der Waals surface area contributed by atoms with Crippen molar-refractivity contribution in [1.82, 2.24) is 0 Å². The van der Waals surface area contributed by atoms with Crippen LogP contribution in [0.5, 0.6) is 0 Å². The summed E-state index contributed by atoms with van der Waals surface area (Å²) in [5.74, 6) is 0. The summed E-state index contributed by atoms with van der Waals surface area (Å²) in [6.07, 6.45) is 1.08. The molecule has 2 N–H and O–H groups in total. The van der Waals surface area contributed by atoms with Gasteiger partial charge in [0, 0.05) is 0 Å². The lowest BCUT2D eigenvalue weighted by molar-refractivity contribution is 1.15. The van der Waals surface area contributed by atoms with Crippen LogP contribution in [0.2, 0.25) is 0 Å². The van der Waals surface area contributed by atoms with E-state index in [1.165, 1.54) is 10.8 Å². The van der Waals surface area contributed by atoms with E-state index in [2.05, 4.69) is 25.1 Å². The Morgan fingerprint density at radius 1 is 1.40 bits per heavy atom. The van der Waals surface area contributed by atoms with Crippen LogP contribution in [0.25, 0.3) is 0 Å². The second-order valence-electron chi connectivity index (χ2n) is 2.16. The molecule has 0 aromatic heterocycles. The highest BCUT2D eigenvalue weighted by Crippen LogP contribution is 1.94. The van der Waals surface area contributed by atoms with Crippen molar-refractivity contribution in [2.45, 2.75) is 13.3 Å². The van der Waals surface area contributed by atoms with Crippen molar-refractivity contribution >= 4 is 14.9 Å². The molecule has 2 radical (unpaired) electrons. The molecule has 1 nitrogen and oxygen atoms in total. The maximum atomic E-state index is 5.55. The molecule has 0 spiro atoms. The van der Waals surface area contributed by atoms with Crippen LogP contribution >= 0.6 is 0 Å². The van der Waals surface area contributed by atoms with Gasteiger partial charge in [0.15, 0.2) is 9.68 Å². The van der Waals surface area contributed by atoms with Gasteiger partial charge in [0.25, 0.3) is 0 Å². The van der Waals surface area contributed by atoms with E-state index in [9.17, 15) is 0 Å². The molecule has 52 valence electrons. The highest BCUT2D eigenvalue weighted by atomic mass is 28.2. The minimum absolute atomic E-state index is 0.436. The standard InChI is InChI=1S/C8H11NSi/c1-2-7-5-3-4-6-8(7)10-9/h3-6H,2,9H2,1H3. The van der Waals surface area contributed by atoms with Gasteiger partial charge in [-0.1, -0.05) is 31.2 Å². The Bertz CT molecular complexity index is 187. The number of hydrogen-bond acceptors (Lipinski definition) is 1. The van der Waals surface area contributed by atoms with Crippen LogP contribution in [0, 0.1) is 0 Å². The summed E-state index contributed by atoms with van der Waals surface area (Å²) in [5.41, 5.74) is 1.38. The lowest BCUT2D eigenvalue weighted by Crippen LogP contribution is -2.26. The van der Waals surface area contributed by atoms with Crippen molar-refractivity contribution in [3.8, 4) is 0 Å². The van der Waals surface area contributed by atoms with Gasteiger partial charge in [0.1, 0.15) is 0 Å². The summed E-state index contributed by atoms with van der Waals surface area (Å²) in [5, 5.41) is 6.85. The lowest BCUT2D eigenvalue weighted by atomic mass is 10.2. The molecular formula is C8H11NSi. The zero-order valence-corrected chi connectivity index (χ0v) is 7.09. The number of rotatable bonds is 2. The molecule has 0 fully saturated rings. The average molecular weight is 149 g/mol. The first-order valence-electron chi connectivity index (χ1n) is 3.43. The molecule has 0 aliphatic carbocycles. The molecule has 0 aliphatic heterocycles. The van der Waals surface area contributed by atoms with Crippen LogP contribution in [0.15, 0.2) is 24.3 Å². The Morgan fingerprint density at radius 3 is 2.60 bits per heavy atom. The number of nitrogens with two attached hydrogens (primary N) is 1. The van der Waals surface area contributed by atoms with Gasteiger partial charge in [-0.2, -0.15) is 0 Å². The zero-order valence-electron chi connectivity index (χ0n) is 6.09. The van der Waals surface area contributed by atoms with Crippen molar-refractivity contribution in [2.75, 3.05) is 0 Å². The minimum Gasteiger partial charge on any atom is -0.349 e. The van der Waals surface area contributed by atoms with Gasteiger partial charge in [-0.3, -0.25) is 0 Å². The zero-order chi connectivity index (χ0) is 7.40. The van der Waals surface area contributed by atoms with E-state index in [0.717, 1.165) is 6.42 Å². The van der Waals surface area contributed by atoms with Crippen LogP contribution in [0.1, 0.15) is 12.5 Å². The first kappa shape index (κ1) is 7.50. The Hall–Kier alpha value is -0.603. The van der Waals surface area contributed by atoms with E-state index in [1.807, 2.05) is 6.07 Å². The van der Waals surface area contributed by atoms with E-state index in [0.29, 0.717) is 9.68 Å². The van der Waals surface area contributed by atoms with Gasteiger partial charge in [-0.05, 0) is 17.2 Å². The summed E-state index contributed by atoms with van der Waals surface area (Å²) in [7, 11) is 0.436. The van der Waals surface area contributed by atoms with Gasteiger partial charge in [-0.15, -0.1) is 0 Å². The largest absolute Gasteiger partial charge is 0.349 e. The SMILES string of the molecule is CCc1ccccc1[Si]N. The number of hydrogen-bond donors (Lipinski definition) is 1. The van der Waals surface area contributed by atoms with Gasteiger partial charge in [-0.25, -0.2) is 0 Å². The Labute approximate surface area is 64.2 Å². The van der Waals surface area contributed by atoms with Gasteiger partial charge >= 0.3 is 0 Å². The fraction of sp³-hybridized carbons (Fsp3) is 0.250. The fourth-order valence-corrected chi connectivity index (χ4v) is 1.61. The Morgan fingerprint density at radius 2 is 2.10 bits per heavy atom. The van der Waals surface area contributed by atoms with E-state index in [4.69, 9.17) is 5.40 Å². The van der Waals surface area contributed by atoms with Crippen LogP contribution in [-0.2, 0) is 6.42 Å². The molecule has 0 atom stereocenters. The number of aryl methyl sites for hydroxylation is 1. The monoisotopic (exact) mass is 149 g/mol. The van der Waals surface area contributed by atoms with Crippen LogP contribution in [0.4, 0.5) is 0 Å². The van der Waals surface area contributed by atoms with E-state index < -0.39 is 0 Å². The summed E-state index contributed by atoms with van der Waals surface area (Å²) >= 11 is 0. The first-order valence-corrected chi connectivity index (χ1v) is 4.50. The van der Waals surface area contributed by atoms with Crippen LogP contribution in [0.3, 0.4) is 0 Å². The molecule has 0 bridgehead atoms. The van der Waals surface area contributed by atoms with Crippen molar-refractivity contribution in [3.05, 3.63) is 29.8 Å². The maximum Gasteiger partial charge on any atom is 0.177 e. The number of benzene rings is 1. The third kappa shape index (κ3) is 1.46. The molecule has 2 heteroatoms. The quantitative estimate of drug-likeness (QED) is 0.607. The van der Waals surface area contributed by atoms with E-state index >= 15 is 0 Å². The Balaban J connectivity index is 2.96. The molecule has 0 saturated heterocycles. The third-order valence-corrected chi connectivity index (χ3v) is 2.35. The van der Waals surface area contributed by atoms with Gasteiger partial charge < -0.3 is 5.40 Å². The predicted molar refractivity (Wildman–Crippen MR) is 45.4 cm³/mol. The molecule has 0 amide bonds. The average Bonchev–Trinajstić information content (AvgIpc) is 2.04. The predicted octanol–water partition coefficient (Wildman–Crippen LogP) is 0.452. The van der Waals surface area contributed by atoms with Crippen LogP contribution < -0.4 is 10.6 Å². The molecular weight excluding hydrogens is 138 g/mol. The molecule has 0 unspecified atom stereocenters. The van der Waals surface area contributed by atoms with Gasteiger partial charge in [0.05, 0.1) is 0 Å². The highest BCUT2D eigenvalue weighted by Gasteiger charge is 1.95. The van der Waals surface area contributed by atoms with Gasteiger partial charge in [0.2, 0.25) is 0 Å². The molecule has 1 rings (SSSR count). The minimum atomic E-state index is 0.436. The van der Waals surface area contributed by atoms with Crippen molar-refractivity contribution in [3.63, 3.8) is 0 Å². The summed E-state index contributed by atoms with van der Waals surface area (Å²) in [6, 6.07) is 8.32. The molecule has 10 heavy (non-hydrogen) atoms.